The Morgan fingerprint density at radius 1 is 1.11 bits per heavy atom. The van der Waals surface area contributed by atoms with Gasteiger partial charge in [0, 0.05) is 24.8 Å². The molecule has 1 amide bonds. The SMILES string of the molecule is CC(C)CN(CC[C@H](Cc1ccc(N)cc1)NC(=O)O)S(=O)(=O)c1ccc(OCP(=O)(O)O)cc1. The van der Waals surface area contributed by atoms with Crippen LogP contribution in [0.25, 0.3) is 0 Å². The summed E-state index contributed by atoms with van der Waals surface area (Å²) in [5.74, 6) is 0.135. The zero-order chi connectivity index (χ0) is 26.2. The number of amides is 1. The van der Waals surface area contributed by atoms with Gasteiger partial charge in [0.1, 0.15) is 5.75 Å². The van der Waals surface area contributed by atoms with Gasteiger partial charge in [-0.25, -0.2) is 13.2 Å². The van der Waals surface area contributed by atoms with Crippen LogP contribution in [-0.4, -0.2) is 59.2 Å². The predicted octanol–water partition coefficient (Wildman–Crippen LogP) is 2.70. The van der Waals surface area contributed by atoms with Gasteiger partial charge in [-0.3, -0.25) is 4.57 Å². The van der Waals surface area contributed by atoms with Gasteiger partial charge < -0.3 is 30.7 Å². The van der Waals surface area contributed by atoms with E-state index in [0.717, 1.165) is 5.56 Å². The van der Waals surface area contributed by atoms with E-state index in [0.29, 0.717) is 12.1 Å². The maximum Gasteiger partial charge on any atom is 0.404 e. The van der Waals surface area contributed by atoms with Crippen LogP contribution in [0.2, 0.25) is 0 Å². The second kappa shape index (κ2) is 12.4. The molecule has 13 heteroatoms. The van der Waals surface area contributed by atoms with Crippen LogP contribution in [0, 0.1) is 5.92 Å². The van der Waals surface area contributed by atoms with Crippen molar-refractivity contribution in [1.82, 2.24) is 9.62 Å². The van der Waals surface area contributed by atoms with Crippen molar-refractivity contribution >= 4 is 29.4 Å². The summed E-state index contributed by atoms with van der Waals surface area (Å²) in [4.78, 5) is 29.1. The highest BCUT2D eigenvalue weighted by Gasteiger charge is 2.27. The lowest BCUT2D eigenvalue weighted by Crippen LogP contribution is -2.41. The molecule has 2 rings (SSSR count). The molecular weight excluding hydrogens is 497 g/mol. The Morgan fingerprint density at radius 3 is 2.23 bits per heavy atom. The van der Waals surface area contributed by atoms with E-state index in [-0.39, 0.29) is 36.1 Å². The Kier molecular flexibility index (Phi) is 10.1. The number of carbonyl (C=O) groups is 1. The molecule has 11 nitrogen and oxygen atoms in total. The normalized spacial score (nSPS) is 13.1. The standard InChI is InChI=1S/C22H32N3O8PS/c1-16(2)14-25(12-11-19(24-22(26)27)13-17-3-5-18(23)6-4-17)35(31,32)21-9-7-20(8-10-21)33-15-34(28,29)30/h3-10,16,19,24H,11-15,23H2,1-2H3,(H,26,27)(H2,28,29,30)/t19-/m1/s1. The lowest BCUT2D eigenvalue weighted by Gasteiger charge is -2.26. The summed E-state index contributed by atoms with van der Waals surface area (Å²) in [7, 11) is -8.29. The van der Waals surface area contributed by atoms with Gasteiger partial charge in [-0.1, -0.05) is 26.0 Å². The third kappa shape index (κ3) is 9.87. The molecule has 6 N–H and O–H groups in total. The number of nitrogens with two attached hydrogens (primary N) is 1. The number of anilines is 1. The summed E-state index contributed by atoms with van der Waals surface area (Å²) < 4.78 is 43.9. The van der Waals surface area contributed by atoms with Crippen LogP contribution in [0.4, 0.5) is 10.5 Å². The molecule has 0 radical (unpaired) electrons. The van der Waals surface area contributed by atoms with Gasteiger partial charge in [0.15, 0.2) is 6.35 Å². The van der Waals surface area contributed by atoms with Gasteiger partial charge in [0.25, 0.3) is 0 Å². The molecule has 194 valence electrons. The van der Waals surface area contributed by atoms with Gasteiger partial charge in [-0.2, -0.15) is 4.31 Å². The summed E-state index contributed by atoms with van der Waals surface area (Å²) in [6, 6.07) is 11.8. The summed E-state index contributed by atoms with van der Waals surface area (Å²) in [6.07, 6.45) is -1.40. The fraction of sp³-hybridized carbons (Fsp3) is 0.409. The topological polar surface area (TPSA) is 179 Å². The Bertz CT molecular complexity index is 1120. The second-order valence-corrected chi connectivity index (χ2v) is 12.1. The smallest absolute Gasteiger partial charge is 0.404 e. The summed E-state index contributed by atoms with van der Waals surface area (Å²) >= 11 is 0. The van der Waals surface area contributed by atoms with E-state index in [1.807, 2.05) is 13.8 Å². The van der Waals surface area contributed by atoms with Gasteiger partial charge in [0.2, 0.25) is 10.0 Å². The fourth-order valence-corrected chi connectivity index (χ4v) is 5.31. The van der Waals surface area contributed by atoms with Crippen molar-refractivity contribution in [2.75, 3.05) is 25.2 Å². The van der Waals surface area contributed by atoms with Crippen LogP contribution >= 0.6 is 7.60 Å². The number of benzene rings is 2. The number of hydrogen-bond donors (Lipinski definition) is 5. The number of carboxylic acid groups (broad SMARTS) is 1. The number of sulfonamides is 1. The third-order valence-corrected chi connectivity index (χ3v) is 7.29. The molecule has 0 heterocycles. The zero-order valence-electron chi connectivity index (χ0n) is 19.6. The van der Waals surface area contributed by atoms with E-state index in [1.165, 1.54) is 28.6 Å². The van der Waals surface area contributed by atoms with Crippen LogP contribution < -0.4 is 15.8 Å². The third-order valence-electron chi connectivity index (χ3n) is 4.95. The van der Waals surface area contributed by atoms with E-state index in [2.05, 4.69) is 5.32 Å². The molecule has 35 heavy (non-hydrogen) atoms. The number of ether oxygens (including phenoxy) is 1. The van der Waals surface area contributed by atoms with Gasteiger partial charge in [0.05, 0.1) is 4.90 Å². The van der Waals surface area contributed by atoms with E-state index in [9.17, 15) is 22.9 Å². The first-order chi connectivity index (χ1) is 16.3. The zero-order valence-corrected chi connectivity index (χ0v) is 21.3. The molecule has 0 aromatic heterocycles. The molecule has 0 fully saturated rings. The molecular formula is C22H32N3O8PS. The molecule has 1 atom stereocenters. The van der Waals surface area contributed by atoms with Crippen LogP contribution in [0.5, 0.6) is 5.75 Å². The first kappa shape index (κ1) is 28.6. The van der Waals surface area contributed by atoms with E-state index in [1.54, 1.807) is 24.3 Å². The van der Waals surface area contributed by atoms with Crippen molar-refractivity contribution in [1.29, 1.82) is 0 Å². The lowest BCUT2D eigenvalue weighted by molar-refractivity contribution is 0.188. The molecule has 0 aliphatic rings. The predicted molar refractivity (Wildman–Crippen MR) is 132 cm³/mol. The molecule has 2 aromatic carbocycles. The molecule has 2 aromatic rings. The number of hydrogen-bond acceptors (Lipinski definition) is 6. The van der Waals surface area contributed by atoms with Crippen LogP contribution in [0.3, 0.4) is 0 Å². The van der Waals surface area contributed by atoms with E-state index >= 15 is 0 Å². The number of nitrogens with one attached hydrogen (secondary N) is 1. The maximum atomic E-state index is 13.3. The van der Waals surface area contributed by atoms with Crippen molar-refractivity contribution in [2.24, 2.45) is 5.92 Å². The highest BCUT2D eigenvalue weighted by Crippen LogP contribution is 2.34. The summed E-state index contributed by atoms with van der Waals surface area (Å²) in [5, 5.41) is 11.7. The molecule has 0 bridgehead atoms. The largest absolute Gasteiger partial charge is 0.481 e. The minimum absolute atomic E-state index is 0.0112. The number of rotatable bonds is 13. The van der Waals surface area contributed by atoms with Crippen LogP contribution in [-0.2, 0) is 21.0 Å². The minimum atomic E-state index is -4.37. The van der Waals surface area contributed by atoms with E-state index < -0.39 is 36.1 Å². The van der Waals surface area contributed by atoms with Crippen molar-refractivity contribution < 1.29 is 37.4 Å². The number of nitrogen functional groups attached to an aromatic ring is 1. The molecule has 0 aliphatic carbocycles. The fourth-order valence-electron chi connectivity index (χ4n) is 3.37. The van der Waals surface area contributed by atoms with Crippen molar-refractivity contribution in [2.45, 2.75) is 37.6 Å². The lowest BCUT2D eigenvalue weighted by atomic mass is 10.0. The maximum absolute atomic E-state index is 13.3. The molecule has 0 unspecified atom stereocenters. The first-order valence-electron chi connectivity index (χ1n) is 10.9. The first-order valence-corrected chi connectivity index (χ1v) is 14.1. The molecule has 0 aliphatic heterocycles. The molecule has 0 saturated heterocycles. The van der Waals surface area contributed by atoms with Crippen LogP contribution in [0.1, 0.15) is 25.8 Å². The Labute approximate surface area is 205 Å². The monoisotopic (exact) mass is 529 g/mol. The van der Waals surface area contributed by atoms with Crippen molar-refractivity contribution in [3.63, 3.8) is 0 Å². The molecule has 0 saturated carbocycles. The highest BCUT2D eigenvalue weighted by atomic mass is 32.2. The average Bonchev–Trinajstić information content (AvgIpc) is 2.75. The van der Waals surface area contributed by atoms with Gasteiger partial charge >= 0.3 is 13.7 Å². The average molecular weight is 530 g/mol. The number of nitrogens with zero attached hydrogens (tertiary/aromatic N) is 1. The quantitative estimate of drug-likeness (QED) is 0.193. The van der Waals surface area contributed by atoms with Crippen LogP contribution in [0.15, 0.2) is 53.4 Å². The van der Waals surface area contributed by atoms with Gasteiger partial charge in [-0.05, 0) is 60.7 Å². The Balaban J connectivity index is 2.17. The minimum Gasteiger partial charge on any atom is -0.481 e. The summed E-state index contributed by atoms with van der Waals surface area (Å²) in [5.41, 5.74) is 7.16. The second-order valence-electron chi connectivity index (χ2n) is 8.55. The molecule has 0 spiro atoms. The Morgan fingerprint density at radius 2 is 1.71 bits per heavy atom. The van der Waals surface area contributed by atoms with E-state index in [4.69, 9.17) is 20.3 Å². The van der Waals surface area contributed by atoms with Crippen molar-refractivity contribution in [3.8, 4) is 5.75 Å². The van der Waals surface area contributed by atoms with Crippen molar-refractivity contribution in [3.05, 3.63) is 54.1 Å². The highest BCUT2D eigenvalue weighted by molar-refractivity contribution is 7.89. The van der Waals surface area contributed by atoms with Gasteiger partial charge in [-0.15, -0.1) is 0 Å². The summed E-state index contributed by atoms with van der Waals surface area (Å²) in [6.45, 7) is 4.06. The Hall–Kier alpha value is -2.63.